The van der Waals surface area contributed by atoms with Crippen molar-refractivity contribution < 1.29 is 4.79 Å². The normalized spacial score (nSPS) is 11.6. The molecule has 0 aliphatic rings. The first-order valence-corrected chi connectivity index (χ1v) is 9.74. The van der Waals surface area contributed by atoms with Crippen molar-refractivity contribution in [1.82, 2.24) is 24.4 Å². The van der Waals surface area contributed by atoms with E-state index >= 15 is 0 Å². The van der Waals surface area contributed by atoms with Crippen molar-refractivity contribution in [3.63, 3.8) is 0 Å². The maximum atomic E-state index is 11.7. The van der Waals surface area contributed by atoms with E-state index in [2.05, 4.69) is 46.6 Å². The zero-order valence-corrected chi connectivity index (χ0v) is 17.8. The van der Waals surface area contributed by atoms with Crippen molar-refractivity contribution in [1.29, 1.82) is 0 Å². The Morgan fingerprint density at radius 3 is 2.57 bits per heavy atom. The Morgan fingerprint density at radius 2 is 1.90 bits per heavy atom. The summed E-state index contributed by atoms with van der Waals surface area (Å²) in [5.74, 6) is 0.352. The zero-order chi connectivity index (χ0) is 21.5. The van der Waals surface area contributed by atoms with Crippen LogP contribution in [0.2, 0.25) is 0 Å². The second kappa shape index (κ2) is 7.29. The SMILES string of the molecule is CC(=O)Nc1cc(Nc2ncc3ccc(-c4cnn(C)c4)n3n2)ccc1C(C)(C)C. The topological polar surface area (TPSA) is 89.1 Å². The quantitative estimate of drug-likeness (QED) is 0.535. The molecule has 8 heteroatoms. The minimum atomic E-state index is -0.108. The molecule has 0 aliphatic heterocycles. The molecule has 2 N–H and O–H groups in total. The van der Waals surface area contributed by atoms with Crippen LogP contribution in [0.25, 0.3) is 16.8 Å². The van der Waals surface area contributed by atoms with Crippen LogP contribution in [-0.4, -0.2) is 30.3 Å². The number of fused-ring (bicyclic) bond motifs is 1. The van der Waals surface area contributed by atoms with Crippen molar-refractivity contribution in [3.05, 3.63) is 54.5 Å². The van der Waals surface area contributed by atoms with Gasteiger partial charge in [0.1, 0.15) is 0 Å². The van der Waals surface area contributed by atoms with Crippen molar-refractivity contribution in [2.45, 2.75) is 33.1 Å². The fraction of sp³-hybridized carbons (Fsp3) is 0.273. The molecule has 1 aromatic carbocycles. The number of carbonyl (C=O) groups is 1. The van der Waals surface area contributed by atoms with Crippen LogP contribution in [0.4, 0.5) is 17.3 Å². The van der Waals surface area contributed by atoms with Crippen molar-refractivity contribution in [2.24, 2.45) is 7.05 Å². The number of benzene rings is 1. The summed E-state index contributed by atoms with van der Waals surface area (Å²) >= 11 is 0. The second-order valence-corrected chi connectivity index (χ2v) is 8.36. The molecule has 0 unspecified atom stereocenters. The third kappa shape index (κ3) is 3.89. The molecular weight excluding hydrogens is 378 g/mol. The molecule has 8 nitrogen and oxygen atoms in total. The first-order valence-electron chi connectivity index (χ1n) is 9.74. The average molecular weight is 403 g/mol. The van der Waals surface area contributed by atoms with E-state index in [1.165, 1.54) is 6.92 Å². The molecule has 0 aliphatic carbocycles. The van der Waals surface area contributed by atoms with E-state index in [1.807, 2.05) is 54.3 Å². The van der Waals surface area contributed by atoms with Gasteiger partial charge in [0.15, 0.2) is 0 Å². The smallest absolute Gasteiger partial charge is 0.245 e. The van der Waals surface area contributed by atoms with E-state index < -0.39 is 0 Å². The molecule has 0 saturated heterocycles. The Morgan fingerprint density at radius 1 is 1.10 bits per heavy atom. The third-order valence-corrected chi connectivity index (χ3v) is 4.79. The summed E-state index contributed by atoms with van der Waals surface area (Å²) in [4.78, 5) is 16.1. The lowest BCUT2D eigenvalue weighted by Crippen LogP contribution is -2.17. The number of nitrogens with one attached hydrogen (secondary N) is 2. The Bertz CT molecular complexity index is 1230. The van der Waals surface area contributed by atoms with E-state index in [-0.39, 0.29) is 11.3 Å². The predicted molar refractivity (Wildman–Crippen MR) is 118 cm³/mol. The van der Waals surface area contributed by atoms with Gasteiger partial charge in [0, 0.05) is 37.1 Å². The minimum Gasteiger partial charge on any atom is -0.326 e. The van der Waals surface area contributed by atoms with Crippen LogP contribution < -0.4 is 10.6 Å². The van der Waals surface area contributed by atoms with Gasteiger partial charge in [-0.25, -0.2) is 9.50 Å². The summed E-state index contributed by atoms with van der Waals surface area (Å²) in [7, 11) is 1.88. The van der Waals surface area contributed by atoms with Gasteiger partial charge >= 0.3 is 0 Å². The van der Waals surface area contributed by atoms with Gasteiger partial charge in [-0.05, 0) is 35.2 Å². The molecule has 1 amide bonds. The average Bonchev–Trinajstić information content (AvgIpc) is 3.26. The molecule has 0 radical (unpaired) electrons. The summed E-state index contributed by atoms with van der Waals surface area (Å²) in [6, 6.07) is 9.87. The van der Waals surface area contributed by atoms with Gasteiger partial charge < -0.3 is 10.6 Å². The lowest BCUT2D eigenvalue weighted by molar-refractivity contribution is -0.114. The van der Waals surface area contributed by atoms with Gasteiger partial charge in [-0.2, -0.15) is 5.10 Å². The van der Waals surface area contributed by atoms with Crippen LogP contribution in [0.1, 0.15) is 33.3 Å². The monoisotopic (exact) mass is 403 g/mol. The number of aromatic nitrogens is 5. The van der Waals surface area contributed by atoms with E-state index in [4.69, 9.17) is 0 Å². The number of carbonyl (C=O) groups excluding carboxylic acids is 1. The summed E-state index contributed by atoms with van der Waals surface area (Å²) in [6.45, 7) is 7.85. The number of nitrogens with zero attached hydrogens (tertiary/aromatic N) is 5. The molecule has 3 aromatic heterocycles. The molecule has 0 bridgehead atoms. The van der Waals surface area contributed by atoms with E-state index in [0.717, 1.165) is 33.7 Å². The highest BCUT2D eigenvalue weighted by atomic mass is 16.1. The third-order valence-electron chi connectivity index (χ3n) is 4.79. The van der Waals surface area contributed by atoms with Crippen LogP contribution in [0, 0.1) is 0 Å². The number of amides is 1. The number of rotatable bonds is 4. The largest absolute Gasteiger partial charge is 0.326 e. The molecule has 154 valence electrons. The summed E-state index contributed by atoms with van der Waals surface area (Å²) in [6.07, 6.45) is 5.53. The molecule has 3 heterocycles. The maximum Gasteiger partial charge on any atom is 0.245 e. The van der Waals surface area contributed by atoms with Crippen LogP contribution in [0.5, 0.6) is 0 Å². The predicted octanol–water partition coefficient (Wildman–Crippen LogP) is 4.13. The Kier molecular flexibility index (Phi) is 4.77. The van der Waals surface area contributed by atoms with Crippen LogP contribution >= 0.6 is 0 Å². The molecule has 30 heavy (non-hydrogen) atoms. The number of aryl methyl sites for hydroxylation is 1. The first kappa shape index (κ1) is 19.6. The van der Waals surface area contributed by atoms with Gasteiger partial charge in [0.25, 0.3) is 0 Å². The molecule has 0 spiro atoms. The van der Waals surface area contributed by atoms with Crippen LogP contribution in [0.15, 0.2) is 48.9 Å². The van der Waals surface area contributed by atoms with Crippen molar-refractivity contribution >= 4 is 28.7 Å². The maximum absolute atomic E-state index is 11.7. The van der Waals surface area contributed by atoms with E-state index in [1.54, 1.807) is 10.9 Å². The fourth-order valence-corrected chi connectivity index (χ4v) is 3.43. The fourth-order valence-electron chi connectivity index (χ4n) is 3.43. The van der Waals surface area contributed by atoms with Crippen molar-refractivity contribution in [2.75, 3.05) is 10.6 Å². The number of anilines is 3. The molecule has 0 saturated carbocycles. The van der Waals surface area contributed by atoms with E-state index in [0.29, 0.717) is 5.95 Å². The van der Waals surface area contributed by atoms with Crippen LogP contribution in [0.3, 0.4) is 0 Å². The lowest BCUT2D eigenvalue weighted by atomic mass is 9.85. The highest BCUT2D eigenvalue weighted by Gasteiger charge is 2.19. The second-order valence-electron chi connectivity index (χ2n) is 8.36. The molecule has 4 aromatic rings. The number of hydrogen-bond donors (Lipinski definition) is 2. The lowest BCUT2D eigenvalue weighted by Gasteiger charge is -2.23. The zero-order valence-electron chi connectivity index (χ0n) is 17.8. The van der Waals surface area contributed by atoms with Crippen LogP contribution in [-0.2, 0) is 17.3 Å². The van der Waals surface area contributed by atoms with Gasteiger partial charge in [0.05, 0.1) is 23.6 Å². The van der Waals surface area contributed by atoms with Gasteiger partial charge in [-0.1, -0.05) is 26.8 Å². The highest BCUT2D eigenvalue weighted by Crippen LogP contribution is 2.32. The highest BCUT2D eigenvalue weighted by molar-refractivity contribution is 5.90. The first-order chi connectivity index (χ1) is 14.2. The number of hydrogen-bond acceptors (Lipinski definition) is 5. The molecular formula is C22H25N7O. The Labute approximate surface area is 174 Å². The van der Waals surface area contributed by atoms with Crippen molar-refractivity contribution in [3.8, 4) is 11.3 Å². The van der Waals surface area contributed by atoms with E-state index in [9.17, 15) is 4.79 Å². The Balaban J connectivity index is 1.69. The molecule has 4 rings (SSSR count). The van der Waals surface area contributed by atoms with Gasteiger partial charge in [0.2, 0.25) is 11.9 Å². The molecule has 0 fully saturated rings. The van der Waals surface area contributed by atoms with Gasteiger partial charge in [-0.15, -0.1) is 5.10 Å². The summed E-state index contributed by atoms with van der Waals surface area (Å²) in [5.41, 5.74) is 5.33. The summed E-state index contributed by atoms with van der Waals surface area (Å²) in [5, 5.41) is 15.1. The summed E-state index contributed by atoms with van der Waals surface area (Å²) < 4.78 is 3.60. The minimum absolute atomic E-state index is 0.102. The molecule has 0 atom stereocenters. The standard InChI is InChI=1S/C22H25N7O/c1-14(30)25-19-10-16(6-8-18(19)22(2,3)4)26-21-23-12-17-7-9-20(29(17)27-21)15-11-24-28(5)13-15/h6-13H,1-5H3,(H,25,30)(H,26,27). The Hall–Kier alpha value is -3.68. The van der Waals surface area contributed by atoms with Gasteiger partial charge in [-0.3, -0.25) is 9.48 Å².